The maximum absolute atomic E-state index is 13.2. The third-order valence-electron chi connectivity index (χ3n) is 4.21. The summed E-state index contributed by atoms with van der Waals surface area (Å²) in [5.41, 5.74) is 0.0524. The number of halogens is 4. The molecule has 1 saturated heterocycles. The molecule has 0 aliphatic carbocycles. The second-order valence-corrected chi connectivity index (χ2v) is 6.34. The topological polar surface area (TPSA) is 92.1 Å². The van der Waals surface area contributed by atoms with Crippen molar-refractivity contribution in [3.8, 4) is 11.4 Å². The summed E-state index contributed by atoms with van der Waals surface area (Å²) in [6.45, 7) is 1.51. The molecular weight excluding hydrogens is 408 g/mol. The van der Waals surface area contributed by atoms with Crippen molar-refractivity contribution in [2.45, 2.75) is 19.0 Å². The van der Waals surface area contributed by atoms with E-state index in [0.717, 1.165) is 32.0 Å². The maximum Gasteiger partial charge on any atom is 0.471 e. The summed E-state index contributed by atoms with van der Waals surface area (Å²) in [6.07, 6.45) is -1.42. The molecule has 0 radical (unpaired) electrons. The second-order valence-electron chi connectivity index (χ2n) is 6.34. The Hall–Kier alpha value is -3.50. The van der Waals surface area contributed by atoms with E-state index in [-0.39, 0.29) is 28.4 Å². The van der Waals surface area contributed by atoms with E-state index in [2.05, 4.69) is 19.6 Å². The lowest BCUT2D eigenvalue weighted by atomic mass is 10.2. The minimum Gasteiger partial charge on any atom is -0.339 e. The fourth-order valence-electron chi connectivity index (χ4n) is 2.73. The standard InChI is InChI=1S/C11H12FNO.C8H4F3N3O2/c12-10-6-2-1-5-9(10)11(14)13-7-3-4-8-13;9-8(10,11)7-13-6(14-16-7)4-1-2-5(15)12-3-4/h1-2,5-6H,3-4,7-8H2;1-3H,(H,12,15). The highest BCUT2D eigenvalue weighted by atomic mass is 19.4. The highest BCUT2D eigenvalue weighted by Gasteiger charge is 2.38. The van der Waals surface area contributed by atoms with E-state index >= 15 is 0 Å². The van der Waals surface area contributed by atoms with E-state index in [1.165, 1.54) is 24.4 Å². The first kappa shape index (κ1) is 21.2. The van der Waals surface area contributed by atoms with Gasteiger partial charge < -0.3 is 14.4 Å². The Kier molecular flexibility index (Phi) is 6.28. The van der Waals surface area contributed by atoms with Crippen LogP contribution in [0.25, 0.3) is 11.4 Å². The number of aromatic amines is 1. The van der Waals surface area contributed by atoms with Crippen LogP contribution in [0.2, 0.25) is 0 Å². The number of alkyl halides is 3. The van der Waals surface area contributed by atoms with Crippen LogP contribution < -0.4 is 5.56 Å². The summed E-state index contributed by atoms with van der Waals surface area (Å²) < 4.78 is 53.7. The Morgan fingerprint density at radius 1 is 1.10 bits per heavy atom. The van der Waals surface area contributed by atoms with Gasteiger partial charge in [-0.15, -0.1) is 0 Å². The molecule has 0 unspecified atom stereocenters. The fourth-order valence-corrected chi connectivity index (χ4v) is 2.73. The van der Waals surface area contributed by atoms with Crippen LogP contribution in [0.1, 0.15) is 29.1 Å². The van der Waals surface area contributed by atoms with Crippen molar-refractivity contribution in [3.63, 3.8) is 0 Å². The van der Waals surface area contributed by atoms with Gasteiger partial charge in [-0.25, -0.2) is 4.39 Å². The Labute approximate surface area is 167 Å². The highest BCUT2D eigenvalue weighted by Crippen LogP contribution is 2.28. The van der Waals surface area contributed by atoms with Gasteiger partial charge in [0.05, 0.1) is 5.56 Å². The zero-order valence-corrected chi connectivity index (χ0v) is 15.4. The zero-order valence-electron chi connectivity index (χ0n) is 15.4. The number of nitrogens with one attached hydrogen (secondary N) is 1. The zero-order chi connectivity index (χ0) is 21.7. The van der Waals surface area contributed by atoms with Crippen LogP contribution in [-0.2, 0) is 6.18 Å². The molecular formula is C19H16F4N4O3. The predicted octanol–water partition coefficient (Wildman–Crippen LogP) is 3.51. The Morgan fingerprint density at radius 3 is 2.37 bits per heavy atom. The monoisotopic (exact) mass is 424 g/mol. The van der Waals surface area contributed by atoms with Gasteiger partial charge in [0, 0.05) is 30.9 Å². The first-order valence-electron chi connectivity index (χ1n) is 8.89. The van der Waals surface area contributed by atoms with Crippen LogP contribution in [0.3, 0.4) is 0 Å². The van der Waals surface area contributed by atoms with Crippen LogP contribution in [0.4, 0.5) is 17.6 Å². The second kappa shape index (κ2) is 8.89. The molecule has 4 rings (SSSR count). The van der Waals surface area contributed by atoms with E-state index in [0.29, 0.717) is 0 Å². The normalized spacial score (nSPS) is 13.7. The lowest BCUT2D eigenvalue weighted by Crippen LogP contribution is -2.28. The SMILES string of the molecule is O=C(c1ccccc1F)N1CCCC1.O=c1ccc(-c2noc(C(F)(F)F)n2)c[nH]1. The maximum atomic E-state index is 13.2. The first-order chi connectivity index (χ1) is 14.3. The number of likely N-dealkylation sites (tertiary alicyclic amines) is 1. The minimum absolute atomic E-state index is 0.180. The molecule has 7 nitrogen and oxygen atoms in total. The van der Waals surface area contributed by atoms with Crippen molar-refractivity contribution in [1.82, 2.24) is 20.0 Å². The summed E-state index contributed by atoms with van der Waals surface area (Å²) in [5.74, 6) is -2.26. The molecule has 1 aliphatic rings. The smallest absolute Gasteiger partial charge is 0.339 e. The molecule has 0 spiro atoms. The van der Waals surface area contributed by atoms with Gasteiger partial charge in [0.1, 0.15) is 5.82 Å². The summed E-state index contributed by atoms with van der Waals surface area (Å²) in [7, 11) is 0. The Bertz CT molecular complexity index is 1050. The molecule has 1 fully saturated rings. The van der Waals surface area contributed by atoms with Crippen LogP contribution >= 0.6 is 0 Å². The lowest BCUT2D eigenvalue weighted by molar-refractivity contribution is -0.159. The number of amides is 1. The number of pyridine rings is 1. The molecule has 1 aliphatic heterocycles. The number of benzene rings is 1. The van der Waals surface area contributed by atoms with E-state index in [4.69, 9.17) is 0 Å². The number of H-pyrrole nitrogens is 1. The molecule has 0 bridgehead atoms. The van der Waals surface area contributed by atoms with Gasteiger partial charge in [0.15, 0.2) is 0 Å². The van der Waals surface area contributed by atoms with Crippen molar-refractivity contribution in [1.29, 1.82) is 0 Å². The molecule has 1 N–H and O–H groups in total. The van der Waals surface area contributed by atoms with E-state index in [9.17, 15) is 27.2 Å². The van der Waals surface area contributed by atoms with Gasteiger partial charge in [-0.2, -0.15) is 18.2 Å². The molecule has 2 aromatic heterocycles. The van der Waals surface area contributed by atoms with Crippen LogP contribution in [0.15, 0.2) is 51.9 Å². The average Bonchev–Trinajstić information content (AvgIpc) is 3.41. The molecule has 30 heavy (non-hydrogen) atoms. The summed E-state index contributed by atoms with van der Waals surface area (Å²) in [5, 5.41) is 3.15. The van der Waals surface area contributed by atoms with Crippen LogP contribution in [0, 0.1) is 5.82 Å². The number of nitrogens with zero attached hydrogens (tertiary/aromatic N) is 3. The van der Waals surface area contributed by atoms with Crippen LogP contribution in [0.5, 0.6) is 0 Å². The number of carbonyl (C=O) groups is 1. The molecule has 1 amide bonds. The third-order valence-corrected chi connectivity index (χ3v) is 4.21. The minimum atomic E-state index is -4.67. The average molecular weight is 424 g/mol. The third kappa shape index (κ3) is 5.10. The van der Waals surface area contributed by atoms with Crippen molar-refractivity contribution < 1.29 is 26.9 Å². The summed E-state index contributed by atoms with van der Waals surface area (Å²) in [4.78, 5) is 29.6. The lowest BCUT2D eigenvalue weighted by Gasteiger charge is -2.15. The van der Waals surface area contributed by atoms with Gasteiger partial charge in [0.2, 0.25) is 11.4 Å². The molecule has 11 heteroatoms. The molecule has 3 heterocycles. The molecule has 0 saturated carbocycles. The van der Waals surface area contributed by atoms with Gasteiger partial charge in [-0.05, 0) is 31.0 Å². The highest BCUT2D eigenvalue weighted by molar-refractivity contribution is 5.94. The fraction of sp³-hybridized carbons (Fsp3) is 0.263. The van der Waals surface area contributed by atoms with Gasteiger partial charge in [0.25, 0.3) is 5.91 Å². The van der Waals surface area contributed by atoms with Crippen molar-refractivity contribution in [3.05, 3.63) is 70.2 Å². The van der Waals surface area contributed by atoms with Gasteiger partial charge >= 0.3 is 12.1 Å². The Morgan fingerprint density at radius 2 is 1.80 bits per heavy atom. The summed E-state index contributed by atoms with van der Waals surface area (Å²) >= 11 is 0. The van der Waals surface area contributed by atoms with Gasteiger partial charge in [-0.3, -0.25) is 9.59 Å². The summed E-state index contributed by atoms with van der Waals surface area (Å²) in [6, 6.07) is 8.59. The first-order valence-corrected chi connectivity index (χ1v) is 8.89. The molecule has 0 atom stereocenters. The van der Waals surface area contributed by atoms with E-state index < -0.39 is 17.9 Å². The Balaban J connectivity index is 0.000000172. The predicted molar refractivity (Wildman–Crippen MR) is 96.9 cm³/mol. The molecule has 3 aromatic rings. The van der Waals surface area contributed by atoms with Crippen molar-refractivity contribution >= 4 is 5.91 Å². The van der Waals surface area contributed by atoms with E-state index in [1.54, 1.807) is 17.0 Å². The van der Waals surface area contributed by atoms with Gasteiger partial charge in [-0.1, -0.05) is 17.3 Å². The van der Waals surface area contributed by atoms with Crippen molar-refractivity contribution in [2.24, 2.45) is 0 Å². The number of carbonyl (C=O) groups excluding carboxylic acids is 1. The van der Waals surface area contributed by atoms with E-state index in [1.807, 2.05) is 0 Å². The quantitative estimate of drug-likeness (QED) is 0.636. The largest absolute Gasteiger partial charge is 0.471 e. The number of hydrogen-bond donors (Lipinski definition) is 1. The molecule has 158 valence electrons. The number of aromatic nitrogens is 3. The van der Waals surface area contributed by atoms with Crippen LogP contribution in [-0.4, -0.2) is 39.0 Å². The molecule has 1 aromatic carbocycles. The number of hydrogen-bond acceptors (Lipinski definition) is 5. The van der Waals surface area contributed by atoms with Crippen molar-refractivity contribution in [2.75, 3.05) is 13.1 Å². The number of rotatable bonds is 2.